The minimum Gasteiger partial charge on any atom is -0.349 e. The van der Waals surface area contributed by atoms with E-state index in [9.17, 15) is 9.59 Å². The van der Waals surface area contributed by atoms with Gasteiger partial charge in [0.25, 0.3) is 5.91 Å². The molecular weight excluding hydrogens is 378 g/mol. The standard InChI is InChI=1S/C18H17N7O2S/c1-24-16(12-5-2-3-7-19-12)23-25(18(24)27)9-8-20-17(26)14-11-13(21-22-14)15-6-4-10-28-15/h2-7,10-11H,8-9H2,1H3,(H,20,26)(H,21,22). The third kappa shape index (κ3) is 3.49. The summed E-state index contributed by atoms with van der Waals surface area (Å²) in [5, 5.41) is 15.9. The molecule has 1 amide bonds. The van der Waals surface area contributed by atoms with Gasteiger partial charge in [0.1, 0.15) is 5.69 Å². The van der Waals surface area contributed by atoms with Crippen molar-refractivity contribution >= 4 is 17.2 Å². The van der Waals surface area contributed by atoms with Gasteiger partial charge in [-0.25, -0.2) is 9.48 Å². The molecule has 0 aliphatic carbocycles. The molecule has 4 rings (SSSR count). The number of nitrogens with one attached hydrogen (secondary N) is 2. The molecule has 2 N–H and O–H groups in total. The molecule has 142 valence electrons. The highest BCUT2D eigenvalue weighted by Crippen LogP contribution is 2.22. The molecule has 0 radical (unpaired) electrons. The van der Waals surface area contributed by atoms with E-state index in [0.717, 1.165) is 10.6 Å². The van der Waals surface area contributed by atoms with Crippen molar-refractivity contribution in [3.63, 3.8) is 0 Å². The van der Waals surface area contributed by atoms with E-state index in [4.69, 9.17) is 0 Å². The molecule has 0 saturated heterocycles. The molecule has 0 unspecified atom stereocenters. The van der Waals surface area contributed by atoms with Crippen LogP contribution in [-0.4, -0.2) is 42.0 Å². The summed E-state index contributed by atoms with van der Waals surface area (Å²) in [6.07, 6.45) is 1.65. The van der Waals surface area contributed by atoms with Gasteiger partial charge in [-0.05, 0) is 29.6 Å². The zero-order valence-electron chi connectivity index (χ0n) is 15.0. The van der Waals surface area contributed by atoms with Gasteiger partial charge in [0.15, 0.2) is 11.5 Å². The van der Waals surface area contributed by atoms with E-state index in [1.165, 1.54) is 9.25 Å². The number of pyridine rings is 1. The Balaban J connectivity index is 1.40. The number of hydrogen-bond donors (Lipinski definition) is 2. The van der Waals surface area contributed by atoms with Gasteiger partial charge in [-0.15, -0.1) is 16.4 Å². The first-order valence-corrected chi connectivity index (χ1v) is 9.44. The van der Waals surface area contributed by atoms with Crippen LogP contribution in [0.2, 0.25) is 0 Å². The number of H-pyrrole nitrogens is 1. The maximum absolute atomic E-state index is 12.4. The van der Waals surface area contributed by atoms with E-state index in [2.05, 4.69) is 25.6 Å². The molecule has 10 heteroatoms. The molecule has 0 bridgehead atoms. The molecular formula is C18H17N7O2S. The lowest BCUT2D eigenvalue weighted by Gasteiger charge is -2.02. The van der Waals surface area contributed by atoms with Crippen molar-refractivity contribution in [2.45, 2.75) is 6.54 Å². The van der Waals surface area contributed by atoms with E-state index in [1.54, 1.807) is 42.8 Å². The molecule has 0 atom stereocenters. The van der Waals surface area contributed by atoms with Crippen LogP contribution in [0.1, 0.15) is 10.5 Å². The van der Waals surface area contributed by atoms with E-state index >= 15 is 0 Å². The van der Waals surface area contributed by atoms with Crippen LogP contribution in [0.5, 0.6) is 0 Å². The van der Waals surface area contributed by atoms with Gasteiger partial charge in [-0.2, -0.15) is 5.10 Å². The van der Waals surface area contributed by atoms with Gasteiger partial charge in [0, 0.05) is 19.8 Å². The summed E-state index contributed by atoms with van der Waals surface area (Å²) in [6.45, 7) is 0.492. The first-order valence-electron chi connectivity index (χ1n) is 8.56. The summed E-state index contributed by atoms with van der Waals surface area (Å²) in [5.74, 6) is 0.165. The van der Waals surface area contributed by atoms with Crippen molar-refractivity contribution in [3.8, 4) is 22.1 Å². The number of thiophene rings is 1. The van der Waals surface area contributed by atoms with Crippen molar-refractivity contribution in [1.82, 2.24) is 34.8 Å². The molecule has 0 fully saturated rings. The Kier molecular flexibility index (Phi) is 4.85. The molecule has 4 aromatic rings. The zero-order valence-corrected chi connectivity index (χ0v) is 15.8. The topological polar surface area (TPSA) is 110 Å². The Hall–Kier alpha value is -3.53. The van der Waals surface area contributed by atoms with Crippen LogP contribution in [0, 0.1) is 0 Å². The minimum atomic E-state index is -0.312. The maximum atomic E-state index is 12.4. The van der Waals surface area contributed by atoms with Gasteiger partial charge >= 0.3 is 5.69 Å². The SMILES string of the molecule is Cn1c(-c2ccccn2)nn(CCNC(=O)c2cc(-c3cccs3)[nH]n2)c1=O. The van der Waals surface area contributed by atoms with Crippen molar-refractivity contribution in [2.75, 3.05) is 6.54 Å². The molecule has 0 spiro atoms. The van der Waals surface area contributed by atoms with Gasteiger partial charge in [-0.3, -0.25) is 19.4 Å². The number of hydrogen-bond acceptors (Lipinski definition) is 6. The number of amides is 1. The van der Waals surface area contributed by atoms with Crippen LogP contribution in [0.25, 0.3) is 22.1 Å². The minimum absolute atomic E-state index is 0.244. The highest BCUT2D eigenvalue weighted by atomic mass is 32.1. The molecule has 4 heterocycles. The van der Waals surface area contributed by atoms with E-state index in [1.807, 2.05) is 23.6 Å². The van der Waals surface area contributed by atoms with Gasteiger partial charge in [0.05, 0.1) is 17.1 Å². The summed E-state index contributed by atoms with van der Waals surface area (Å²) in [7, 11) is 1.64. The van der Waals surface area contributed by atoms with Gasteiger partial charge in [0.2, 0.25) is 0 Å². The van der Waals surface area contributed by atoms with Crippen LogP contribution in [-0.2, 0) is 13.6 Å². The fourth-order valence-electron chi connectivity index (χ4n) is 2.71. The highest BCUT2D eigenvalue weighted by molar-refractivity contribution is 7.13. The van der Waals surface area contributed by atoms with E-state index < -0.39 is 0 Å². The average molecular weight is 395 g/mol. The van der Waals surface area contributed by atoms with Crippen LogP contribution in [0.4, 0.5) is 0 Å². The average Bonchev–Trinajstić information content (AvgIpc) is 3.45. The quantitative estimate of drug-likeness (QED) is 0.514. The lowest BCUT2D eigenvalue weighted by molar-refractivity contribution is 0.0947. The molecule has 28 heavy (non-hydrogen) atoms. The van der Waals surface area contributed by atoms with Crippen LogP contribution in [0.15, 0.2) is 52.8 Å². The molecule has 0 saturated carbocycles. The Morgan fingerprint density at radius 1 is 1.29 bits per heavy atom. The third-order valence-electron chi connectivity index (χ3n) is 4.14. The Morgan fingerprint density at radius 3 is 2.93 bits per heavy atom. The summed E-state index contributed by atoms with van der Waals surface area (Å²) < 4.78 is 2.75. The predicted octanol–water partition coefficient (Wildman–Crippen LogP) is 1.53. The normalized spacial score (nSPS) is 10.9. The summed E-state index contributed by atoms with van der Waals surface area (Å²) in [4.78, 5) is 29.9. The first kappa shape index (κ1) is 17.9. The second-order valence-corrected chi connectivity index (χ2v) is 6.95. The Bertz CT molecular complexity index is 1140. The number of aromatic nitrogens is 6. The molecule has 0 aliphatic heterocycles. The predicted molar refractivity (Wildman–Crippen MR) is 105 cm³/mol. The Morgan fingerprint density at radius 2 is 2.18 bits per heavy atom. The van der Waals surface area contributed by atoms with Gasteiger partial charge in [-0.1, -0.05) is 12.1 Å². The zero-order chi connectivity index (χ0) is 19.5. The number of rotatable bonds is 6. The van der Waals surface area contributed by atoms with E-state index in [-0.39, 0.29) is 24.7 Å². The Labute approximate surface area is 163 Å². The lowest BCUT2D eigenvalue weighted by Crippen LogP contribution is -2.31. The van der Waals surface area contributed by atoms with Crippen molar-refractivity contribution in [2.24, 2.45) is 7.05 Å². The van der Waals surface area contributed by atoms with Gasteiger partial charge < -0.3 is 5.32 Å². The lowest BCUT2D eigenvalue weighted by atomic mass is 10.3. The fraction of sp³-hybridized carbons (Fsp3) is 0.167. The van der Waals surface area contributed by atoms with E-state index in [0.29, 0.717) is 17.2 Å². The van der Waals surface area contributed by atoms with Crippen molar-refractivity contribution in [1.29, 1.82) is 0 Å². The summed E-state index contributed by atoms with van der Waals surface area (Å²) in [5.41, 5.74) is 1.43. The smallest absolute Gasteiger partial charge is 0.346 e. The number of aromatic amines is 1. The molecule has 0 aliphatic rings. The van der Waals surface area contributed by atoms with Crippen molar-refractivity contribution < 1.29 is 4.79 Å². The highest BCUT2D eigenvalue weighted by Gasteiger charge is 2.14. The summed E-state index contributed by atoms with van der Waals surface area (Å²) in [6, 6.07) is 11.0. The van der Waals surface area contributed by atoms with Crippen molar-refractivity contribution in [3.05, 3.63) is 64.2 Å². The number of carbonyl (C=O) groups is 1. The number of carbonyl (C=O) groups excluding carboxylic acids is 1. The summed E-state index contributed by atoms with van der Waals surface area (Å²) >= 11 is 1.56. The maximum Gasteiger partial charge on any atom is 0.346 e. The second-order valence-electron chi connectivity index (χ2n) is 6.00. The monoisotopic (exact) mass is 395 g/mol. The van der Waals surface area contributed by atoms with Crippen LogP contribution >= 0.6 is 11.3 Å². The molecule has 0 aromatic carbocycles. The number of nitrogens with zero attached hydrogens (tertiary/aromatic N) is 5. The molecule has 4 aromatic heterocycles. The van der Waals surface area contributed by atoms with Crippen LogP contribution < -0.4 is 11.0 Å². The largest absolute Gasteiger partial charge is 0.349 e. The third-order valence-corrected chi connectivity index (χ3v) is 5.04. The first-order chi connectivity index (χ1) is 13.6. The second kappa shape index (κ2) is 7.61. The fourth-order valence-corrected chi connectivity index (χ4v) is 3.41. The van der Waals surface area contributed by atoms with Crippen LogP contribution in [0.3, 0.4) is 0 Å². The molecule has 9 nitrogen and oxygen atoms in total.